The molecule has 0 saturated heterocycles. The van der Waals surface area contributed by atoms with Crippen LogP contribution >= 0.6 is 0 Å². The Hall–Kier alpha value is -3.03. The number of nitrogens with zero attached hydrogens (tertiary/aromatic N) is 3. The minimum Gasteiger partial charge on any atom is -0.506 e. The fraction of sp³-hybridized carbons (Fsp3) is 0.154. The van der Waals surface area contributed by atoms with Gasteiger partial charge in [0.1, 0.15) is 16.4 Å². The lowest BCUT2D eigenvalue weighted by Gasteiger charge is -2.11. The lowest BCUT2D eigenvalue weighted by Crippen LogP contribution is -2.45. The zero-order valence-electron chi connectivity index (χ0n) is 11.3. The molecule has 2 aromatic rings. The van der Waals surface area contributed by atoms with E-state index >= 15 is 0 Å². The number of pyridine rings is 1. The van der Waals surface area contributed by atoms with Crippen LogP contribution in [-0.4, -0.2) is 21.3 Å². The molecule has 0 bridgehead atoms. The first-order valence-electron chi connectivity index (χ1n) is 6.15. The summed E-state index contributed by atoms with van der Waals surface area (Å²) in [7, 11) is 0. The number of Topliss-reactive ketones (excluding diaryl/α,β-unsaturated/α-hetero) is 1. The van der Waals surface area contributed by atoms with Gasteiger partial charge in [0, 0.05) is 17.2 Å². The molecule has 0 amide bonds. The standard InChI is InChI=1S/C13H13N5O3/c1-2-18-8-6-4-3-5-7(8)10(19)9(13(18)21)11(20)12(14)16-17-15/h3-6,19H,2H2,1H3,(H3,14,15,16)/p+1. The molecule has 0 spiro atoms. The molecule has 0 fully saturated rings. The minimum absolute atomic E-state index is 0.332. The number of benzene rings is 1. The van der Waals surface area contributed by atoms with Crippen molar-refractivity contribution < 1.29 is 15.3 Å². The number of nitrogens with two attached hydrogens (primary N) is 2. The van der Waals surface area contributed by atoms with Crippen molar-refractivity contribution in [2.45, 2.75) is 13.5 Å². The van der Waals surface area contributed by atoms with Crippen molar-refractivity contribution in [2.24, 2.45) is 16.2 Å². The van der Waals surface area contributed by atoms with E-state index in [2.05, 4.69) is 10.3 Å². The molecular weight excluding hydrogens is 274 g/mol. The van der Waals surface area contributed by atoms with Crippen molar-refractivity contribution in [1.82, 2.24) is 4.57 Å². The third kappa shape index (κ3) is 2.27. The van der Waals surface area contributed by atoms with Crippen molar-refractivity contribution in [3.8, 4) is 5.75 Å². The number of aromatic hydroxyl groups is 1. The average Bonchev–Trinajstić information content (AvgIpc) is 2.48. The Morgan fingerprint density at radius 1 is 1.43 bits per heavy atom. The highest BCUT2D eigenvalue weighted by Crippen LogP contribution is 2.26. The molecule has 5 N–H and O–H groups in total. The van der Waals surface area contributed by atoms with Gasteiger partial charge in [-0.15, -0.1) is 0 Å². The van der Waals surface area contributed by atoms with Gasteiger partial charge in [-0.3, -0.25) is 20.8 Å². The minimum atomic E-state index is -0.917. The number of hydrogen-bond donors (Lipinski definition) is 3. The van der Waals surface area contributed by atoms with Gasteiger partial charge < -0.3 is 9.67 Å². The first-order valence-corrected chi connectivity index (χ1v) is 6.15. The maximum Gasteiger partial charge on any atom is 0.392 e. The number of aryl methyl sites for hydroxylation is 1. The van der Waals surface area contributed by atoms with E-state index in [-0.39, 0.29) is 0 Å². The molecule has 0 radical (unpaired) electrons. The molecule has 8 heteroatoms. The zero-order valence-corrected chi connectivity index (χ0v) is 11.3. The lowest BCUT2D eigenvalue weighted by atomic mass is 10.1. The molecule has 0 aliphatic heterocycles. The highest BCUT2D eigenvalue weighted by molar-refractivity contribution is 6.44. The van der Waals surface area contributed by atoms with E-state index in [1.165, 1.54) is 4.57 Å². The average molecular weight is 288 g/mol. The Kier molecular flexibility index (Phi) is 3.79. The van der Waals surface area contributed by atoms with Crippen LogP contribution in [0.25, 0.3) is 10.9 Å². The van der Waals surface area contributed by atoms with Crippen LogP contribution < -0.4 is 16.8 Å². The number of aromatic nitrogens is 1. The van der Waals surface area contributed by atoms with Gasteiger partial charge in [0.05, 0.1) is 5.52 Å². The van der Waals surface area contributed by atoms with Crippen LogP contribution in [0.4, 0.5) is 0 Å². The largest absolute Gasteiger partial charge is 0.506 e. The van der Waals surface area contributed by atoms with Gasteiger partial charge in [-0.1, -0.05) is 12.1 Å². The highest BCUT2D eigenvalue weighted by atomic mass is 16.3. The second kappa shape index (κ2) is 5.53. The van der Waals surface area contributed by atoms with Gasteiger partial charge >= 0.3 is 5.84 Å². The topological polar surface area (TPSA) is 136 Å². The number of fused-ring (bicyclic) bond motifs is 1. The monoisotopic (exact) mass is 288 g/mol. The van der Waals surface area contributed by atoms with Crippen LogP contribution in [0.5, 0.6) is 5.75 Å². The summed E-state index contributed by atoms with van der Waals surface area (Å²) in [5.41, 5.74) is -0.563. The number of hydrogen-bond acceptors (Lipinski definition) is 4. The molecule has 8 nitrogen and oxygen atoms in total. The molecule has 0 aliphatic rings. The third-order valence-corrected chi connectivity index (χ3v) is 3.09. The van der Waals surface area contributed by atoms with Gasteiger partial charge in [0.25, 0.3) is 11.3 Å². The predicted octanol–water partition coefficient (Wildman–Crippen LogP) is -0.607. The van der Waals surface area contributed by atoms with Gasteiger partial charge in [-0.25, -0.2) is 0 Å². The van der Waals surface area contributed by atoms with Gasteiger partial charge in [0.2, 0.25) is 0 Å². The van der Waals surface area contributed by atoms with Crippen LogP contribution in [0, 0.1) is 0 Å². The maximum absolute atomic E-state index is 12.4. The molecule has 21 heavy (non-hydrogen) atoms. The number of para-hydroxylation sites is 1. The summed E-state index contributed by atoms with van der Waals surface area (Å²) in [5, 5.41) is 22.1. The van der Waals surface area contributed by atoms with Crippen molar-refractivity contribution in [2.75, 3.05) is 0 Å². The molecular formula is C13H14N5O3+. The van der Waals surface area contributed by atoms with Gasteiger partial charge in [-0.05, 0) is 19.1 Å². The van der Waals surface area contributed by atoms with Crippen LogP contribution in [0.2, 0.25) is 0 Å². The first kappa shape index (κ1) is 14.4. The predicted molar refractivity (Wildman–Crippen MR) is 75.9 cm³/mol. The zero-order chi connectivity index (χ0) is 15.6. The Morgan fingerprint density at radius 3 is 2.71 bits per heavy atom. The molecule has 1 heterocycles. The number of rotatable bonds is 3. The Morgan fingerprint density at radius 2 is 2.10 bits per heavy atom. The number of carbonyl (C=O) groups is 1. The quantitative estimate of drug-likeness (QED) is 0.173. The van der Waals surface area contributed by atoms with Crippen molar-refractivity contribution in [3.05, 3.63) is 40.2 Å². The van der Waals surface area contributed by atoms with Crippen LogP contribution in [-0.2, 0) is 6.54 Å². The van der Waals surface area contributed by atoms with Crippen LogP contribution in [0.15, 0.2) is 39.4 Å². The van der Waals surface area contributed by atoms with Crippen LogP contribution in [0.1, 0.15) is 17.3 Å². The summed E-state index contributed by atoms with van der Waals surface area (Å²) in [6.45, 7) is 2.09. The molecule has 0 unspecified atom stereocenters. The van der Waals surface area contributed by atoms with Crippen LogP contribution in [0.3, 0.4) is 0 Å². The summed E-state index contributed by atoms with van der Waals surface area (Å²) in [5.74, 6) is 2.91. The van der Waals surface area contributed by atoms with Crippen molar-refractivity contribution in [1.29, 1.82) is 0 Å². The summed E-state index contributed by atoms with van der Waals surface area (Å²) in [4.78, 5) is 24.5. The summed E-state index contributed by atoms with van der Waals surface area (Å²) in [6.07, 6.45) is 0. The molecule has 1 aromatic heterocycles. The molecule has 0 saturated carbocycles. The molecule has 0 aliphatic carbocycles. The lowest BCUT2D eigenvalue weighted by molar-refractivity contribution is -0.114. The Bertz CT molecular complexity index is 822. The first-order chi connectivity index (χ1) is 10.0. The highest BCUT2D eigenvalue weighted by Gasteiger charge is 2.29. The normalized spacial score (nSPS) is 11.1. The van der Waals surface area contributed by atoms with Crippen molar-refractivity contribution in [3.63, 3.8) is 0 Å². The summed E-state index contributed by atoms with van der Waals surface area (Å²) >= 11 is 0. The van der Waals surface area contributed by atoms with E-state index in [1.54, 1.807) is 31.2 Å². The molecule has 1 aromatic carbocycles. The maximum atomic E-state index is 12.4. The van der Waals surface area contributed by atoms with Crippen molar-refractivity contribution >= 4 is 22.5 Å². The van der Waals surface area contributed by atoms with E-state index in [0.29, 0.717) is 17.4 Å². The number of ketones is 1. The van der Waals surface area contributed by atoms with E-state index in [9.17, 15) is 14.7 Å². The third-order valence-electron chi connectivity index (χ3n) is 3.09. The fourth-order valence-corrected chi connectivity index (χ4v) is 2.14. The number of amidine groups is 1. The summed E-state index contributed by atoms with van der Waals surface area (Å²) < 4.78 is 1.37. The molecule has 108 valence electrons. The van der Waals surface area contributed by atoms with E-state index in [4.69, 9.17) is 11.3 Å². The van der Waals surface area contributed by atoms with E-state index in [1.807, 2.05) is 0 Å². The second-order valence-electron chi connectivity index (χ2n) is 4.22. The Labute approximate surface area is 119 Å². The van der Waals surface area contributed by atoms with E-state index < -0.39 is 28.5 Å². The Balaban J connectivity index is 2.84. The smallest absolute Gasteiger partial charge is 0.392 e. The SMILES string of the molecule is CCn1c(=O)c(C(=O)C(=[NH2+])N=NN)c(O)c2ccccc21. The fourth-order valence-electron chi connectivity index (χ4n) is 2.14. The summed E-state index contributed by atoms with van der Waals surface area (Å²) in [6, 6.07) is 6.71. The molecule has 2 rings (SSSR count). The van der Waals surface area contributed by atoms with E-state index in [0.717, 1.165) is 0 Å². The molecule has 0 atom stereocenters. The van der Waals surface area contributed by atoms with Gasteiger partial charge in [-0.2, -0.15) is 0 Å². The number of carbonyl (C=O) groups excluding carboxylic acids is 1. The van der Waals surface area contributed by atoms with Gasteiger partial charge in [0.15, 0.2) is 0 Å². The second-order valence-corrected chi connectivity index (χ2v) is 4.22.